The van der Waals surface area contributed by atoms with Gasteiger partial charge in [0.15, 0.2) is 5.82 Å². The molecule has 0 unspecified atom stereocenters. The van der Waals surface area contributed by atoms with E-state index in [1.54, 1.807) is 25.3 Å². The number of halogens is 2. The van der Waals surface area contributed by atoms with Gasteiger partial charge in [-0.2, -0.15) is 8.78 Å². The number of nitrogens with zero attached hydrogens (tertiary/aromatic N) is 4. The molecule has 9 heteroatoms. The van der Waals surface area contributed by atoms with Crippen LogP contribution in [0.2, 0.25) is 0 Å². The molecule has 1 aliphatic heterocycles. The third-order valence-corrected chi connectivity index (χ3v) is 4.44. The SMILES string of the molecule is Cc1nc(N[C@H]2CCN(C(=O)O)C2)ccc1-c1cn(C)c(C(C)(F)F)n1. The Hall–Kier alpha value is -2.71. The van der Waals surface area contributed by atoms with Crippen molar-refractivity contribution in [1.82, 2.24) is 19.4 Å². The number of aromatic nitrogens is 3. The molecule has 0 aliphatic carbocycles. The van der Waals surface area contributed by atoms with Crippen molar-refractivity contribution in [2.75, 3.05) is 18.4 Å². The van der Waals surface area contributed by atoms with Gasteiger partial charge in [0.25, 0.3) is 0 Å². The summed E-state index contributed by atoms with van der Waals surface area (Å²) >= 11 is 0. The second-order valence-electron chi connectivity index (χ2n) is 6.64. The van der Waals surface area contributed by atoms with Crippen LogP contribution in [0.1, 0.15) is 24.9 Å². The average Bonchev–Trinajstić information content (AvgIpc) is 3.14. The van der Waals surface area contributed by atoms with Crippen molar-refractivity contribution >= 4 is 11.9 Å². The lowest BCUT2D eigenvalue weighted by Gasteiger charge is -2.15. The molecule has 2 aromatic heterocycles. The molecule has 0 bridgehead atoms. The number of likely N-dealkylation sites (tertiary alicyclic amines) is 1. The van der Waals surface area contributed by atoms with Gasteiger partial charge in [-0.3, -0.25) is 0 Å². The molecule has 0 aromatic carbocycles. The second-order valence-corrected chi connectivity index (χ2v) is 6.64. The first kappa shape index (κ1) is 18.1. The molecular formula is C17H21F2N5O2. The predicted molar refractivity (Wildman–Crippen MR) is 92.4 cm³/mol. The largest absolute Gasteiger partial charge is 0.465 e. The van der Waals surface area contributed by atoms with Crippen LogP contribution in [0.4, 0.5) is 19.4 Å². The van der Waals surface area contributed by atoms with Crippen LogP contribution >= 0.6 is 0 Å². The zero-order valence-corrected chi connectivity index (χ0v) is 14.8. The number of imidazole rings is 1. The summed E-state index contributed by atoms with van der Waals surface area (Å²) in [5.41, 5.74) is 1.78. The molecule has 1 amide bonds. The minimum Gasteiger partial charge on any atom is -0.465 e. The van der Waals surface area contributed by atoms with Crippen LogP contribution in [0, 0.1) is 6.92 Å². The van der Waals surface area contributed by atoms with E-state index < -0.39 is 12.0 Å². The Kier molecular flexibility index (Phi) is 4.55. The van der Waals surface area contributed by atoms with Crippen LogP contribution in [0.15, 0.2) is 18.3 Å². The molecule has 1 fully saturated rings. The Balaban J connectivity index is 1.77. The quantitative estimate of drug-likeness (QED) is 0.870. The lowest BCUT2D eigenvalue weighted by molar-refractivity contribution is 0.00508. The number of aryl methyl sites for hydroxylation is 2. The maximum absolute atomic E-state index is 13.6. The van der Waals surface area contributed by atoms with E-state index in [2.05, 4.69) is 15.3 Å². The third-order valence-electron chi connectivity index (χ3n) is 4.44. The monoisotopic (exact) mass is 365 g/mol. The van der Waals surface area contributed by atoms with Gasteiger partial charge in [-0.25, -0.2) is 14.8 Å². The maximum Gasteiger partial charge on any atom is 0.407 e. The predicted octanol–water partition coefficient (Wildman–Crippen LogP) is 3.07. The molecule has 2 aromatic rings. The Morgan fingerprint density at radius 3 is 2.65 bits per heavy atom. The Morgan fingerprint density at radius 2 is 2.12 bits per heavy atom. The molecule has 26 heavy (non-hydrogen) atoms. The summed E-state index contributed by atoms with van der Waals surface area (Å²) in [6.45, 7) is 3.51. The van der Waals surface area contributed by atoms with Crippen molar-refractivity contribution in [3.05, 3.63) is 29.8 Å². The highest BCUT2D eigenvalue weighted by atomic mass is 19.3. The summed E-state index contributed by atoms with van der Waals surface area (Å²) in [5.74, 6) is -2.69. The van der Waals surface area contributed by atoms with E-state index in [-0.39, 0.29) is 11.9 Å². The second kappa shape index (κ2) is 6.54. The third kappa shape index (κ3) is 3.61. The number of pyridine rings is 1. The lowest BCUT2D eigenvalue weighted by Crippen LogP contribution is -2.30. The smallest absolute Gasteiger partial charge is 0.407 e. The molecule has 140 valence electrons. The maximum atomic E-state index is 13.6. The van der Waals surface area contributed by atoms with Gasteiger partial charge in [0.1, 0.15) is 5.82 Å². The van der Waals surface area contributed by atoms with Crippen molar-refractivity contribution in [2.45, 2.75) is 32.2 Å². The summed E-state index contributed by atoms with van der Waals surface area (Å²) in [4.78, 5) is 20.9. The fraction of sp³-hybridized carbons (Fsp3) is 0.471. The number of nitrogens with one attached hydrogen (secondary N) is 1. The van der Waals surface area contributed by atoms with Crippen LogP contribution in [0.5, 0.6) is 0 Å². The number of alkyl halides is 2. The molecule has 1 aliphatic rings. The molecule has 3 rings (SSSR count). The number of amides is 1. The summed E-state index contributed by atoms with van der Waals surface area (Å²) < 4.78 is 28.5. The Morgan fingerprint density at radius 1 is 1.38 bits per heavy atom. The molecule has 0 saturated carbocycles. The number of carboxylic acid groups (broad SMARTS) is 1. The molecule has 2 N–H and O–H groups in total. The number of rotatable bonds is 4. The minimum absolute atomic E-state index is 0.00378. The van der Waals surface area contributed by atoms with Crippen molar-refractivity contribution in [1.29, 1.82) is 0 Å². The molecule has 0 spiro atoms. The minimum atomic E-state index is -3.02. The first-order chi connectivity index (χ1) is 12.1. The Labute approximate surface area is 149 Å². The van der Waals surface area contributed by atoms with Gasteiger partial charge in [-0.05, 0) is 25.5 Å². The normalized spacial score (nSPS) is 17.6. The molecule has 0 radical (unpaired) electrons. The van der Waals surface area contributed by atoms with Gasteiger partial charge in [0.2, 0.25) is 0 Å². The number of hydrogen-bond acceptors (Lipinski definition) is 4. The summed E-state index contributed by atoms with van der Waals surface area (Å²) in [6, 6.07) is 3.54. The van der Waals surface area contributed by atoms with E-state index in [0.717, 1.165) is 6.92 Å². The van der Waals surface area contributed by atoms with Gasteiger partial charge >= 0.3 is 12.0 Å². The van der Waals surface area contributed by atoms with E-state index in [1.807, 2.05) is 0 Å². The van der Waals surface area contributed by atoms with E-state index >= 15 is 0 Å². The average molecular weight is 365 g/mol. The number of anilines is 1. The highest BCUT2D eigenvalue weighted by Crippen LogP contribution is 2.30. The van der Waals surface area contributed by atoms with E-state index in [1.165, 1.54) is 16.5 Å². The molecule has 1 atom stereocenters. The first-order valence-electron chi connectivity index (χ1n) is 8.29. The fourth-order valence-electron chi connectivity index (χ4n) is 3.18. The van der Waals surface area contributed by atoms with E-state index in [4.69, 9.17) is 5.11 Å². The zero-order chi connectivity index (χ0) is 19.1. The van der Waals surface area contributed by atoms with Crippen molar-refractivity contribution in [3.63, 3.8) is 0 Å². The number of hydrogen-bond donors (Lipinski definition) is 2. The zero-order valence-electron chi connectivity index (χ0n) is 14.8. The fourth-order valence-corrected chi connectivity index (χ4v) is 3.18. The molecule has 1 saturated heterocycles. The highest BCUT2D eigenvalue weighted by molar-refractivity contribution is 5.66. The van der Waals surface area contributed by atoms with Crippen molar-refractivity contribution in [3.8, 4) is 11.3 Å². The lowest BCUT2D eigenvalue weighted by atomic mass is 10.1. The summed E-state index contributed by atoms with van der Waals surface area (Å²) in [6.07, 6.45) is 1.35. The number of carbonyl (C=O) groups is 1. The Bertz CT molecular complexity index is 831. The van der Waals surface area contributed by atoms with Crippen LogP contribution in [0.3, 0.4) is 0 Å². The van der Waals surface area contributed by atoms with Gasteiger partial charge < -0.3 is 19.9 Å². The first-order valence-corrected chi connectivity index (χ1v) is 8.29. The standard InChI is InChI=1S/C17H21F2N5O2/c1-10-12(13-9-23(3)15(22-13)17(2,18)19)4-5-14(20-10)21-11-6-7-24(8-11)16(25)26/h4-5,9,11H,6-8H2,1-3H3,(H,20,21)(H,25,26)/t11-/m0/s1. The van der Waals surface area contributed by atoms with Crippen LogP contribution < -0.4 is 5.32 Å². The van der Waals surface area contributed by atoms with E-state index in [0.29, 0.717) is 42.3 Å². The highest BCUT2D eigenvalue weighted by Gasteiger charge is 2.30. The summed E-state index contributed by atoms with van der Waals surface area (Å²) in [7, 11) is 1.54. The summed E-state index contributed by atoms with van der Waals surface area (Å²) in [5, 5.41) is 12.2. The van der Waals surface area contributed by atoms with Gasteiger partial charge in [0, 0.05) is 50.6 Å². The molecule has 7 nitrogen and oxygen atoms in total. The van der Waals surface area contributed by atoms with Crippen molar-refractivity contribution < 1.29 is 18.7 Å². The topological polar surface area (TPSA) is 83.3 Å². The molecule has 3 heterocycles. The molecular weight excluding hydrogens is 344 g/mol. The van der Waals surface area contributed by atoms with Gasteiger partial charge in [-0.1, -0.05) is 0 Å². The van der Waals surface area contributed by atoms with Gasteiger partial charge in [-0.15, -0.1) is 0 Å². The van der Waals surface area contributed by atoms with E-state index in [9.17, 15) is 13.6 Å². The van der Waals surface area contributed by atoms with Crippen LogP contribution in [-0.2, 0) is 13.0 Å². The van der Waals surface area contributed by atoms with Crippen LogP contribution in [0.25, 0.3) is 11.3 Å². The van der Waals surface area contributed by atoms with Crippen molar-refractivity contribution in [2.24, 2.45) is 7.05 Å². The van der Waals surface area contributed by atoms with Crippen LogP contribution in [-0.4, -0.2) is 49.8 Å². The van der Waals surface area contributed by atoms with Gasteiger partial charge in [0.05, 0.1) is 5.69 Å².